The Balaban J connectivity index is 2.05. The summed E-state index contributed by atoms with van der Waals surface area (Å²) < 4.78 is 19.5. The molecule has 0 aliphatic carbocycles. The van der Waals surface area contributed by atoms with Crippen LogP contribution in [0.3, 0.4) is 0 Å². The molecule has 0 atom stereocenters. The molecule has 1 aromatic carbocycles. The summed E-state index contributed by atoms with van der Waals surface area (Å²) in [5, 5.41) is 3.36. The third-order valence-electron chi connectivity index (χ3n) is 3.05. The largest absolute Gasteiger partial charge is 0.436 e. The van der Waals surface area contributed by atoms with Crippen molar-refractivity contribution in [3.8, 4) is 11.6 Å². The lowest BCUT2D eigenvalue weighted by Crippen LogP contribution is -2.18. The summed E-state index contributed by atoms with van der Waals surface area (Å²) in [6, 6.07) is 8.83. The van der Waals surface area contributed by atoms with Crippen molar-refractivity contribution in [1.29, 1.82) is 0 Å². The maximum absolute atomic E-state index is 13.9. The Morgan fingerprint density at radius 2 is 2.10 bits per heavy atom. The lowest BCUT2D eigenvalue weighted by molar-refractivity contribution is 0.424. The Bertz CT molecular complexity index is 599. The number of hydrogen-bond acceptors (Lipinski definition) is 3. The van der Waals surface area contributed by atoms with Crippen LogP contribution in [0.1, 0.15) is 25.0 Å². The summed E-state index contributed by atoms with van der Waals surface area (Å²) >= 11 is 0. The second-order valence-corrected chi connectivity index (χ2v) is 5.52. The van der Waals surface area contributed by atoms with Gasteiger partial charge in [0.2, 0.25) is 5.88 Å². The predicted molar refractivity (Wildman–Crippen MR) is 82.0 cm³/mol. The van der Waals surface area contributed by atoms with E-state index in [0.29, 0.717) is 17.4 Å². The highest BCUT2D eigenvalue weighted by Crippen LogP contribution is 2.25. The Morgan fingerprint density at radius 1 is 1.29 bits per heavy atom. The Labute approximate surface area is 125 Å². The molecule has 0 saturated carbocycles. The van der Waals surface area contributed by atoms with Gasteiger partial charge in [0, 0.05) is 18.8 Å². The maximum Gasteiger partial charge on any atom is 0.219 e. The van der Waals surface area contributed by atoms with Gasteiger partial charge in [-0.1, -0.05) is 26.0 Å². The molecular weight excluding hydrogens is 267 g/mol. The molecule has 0 fully saturated rings. The van der Waals surface area contributed by atoms with Crippen LogP contribution >= 0.6 is 0 Å². The van der Waals surface area contributed by atoms with Gasteiger partial charge in [0.15, 0.2) is 11.6 Å². The lowest BCUT2D eigenvalue weighted by Gasteiger charge is -2.10. The van der Waals surface area contributed by atoms with E-state index in [1.807, 2.05) is 12.1 Å². The third-order valence-corrected chi connectivity index (χ3v) is 3.05. The number of aromatic nitrogens is 1. The molecule has 112 valence electrons. The molecule has 0 unspecified atom stereocenters. The molecule has 0 spiro atoms. The van der Waals surface area contributed by atoms with Crippen molar-refractivity contribution in [2.24, 2.45) is 5.92 Å². The molecule has 3 nitrogen and oxygen atoms in total. The summed E-state index contributed by atoms with van der Waals surface area (Å²) in [5.41, 5.74) is 1.62. The zero-order valence-corrected chi connectivity index (χ0v) is 12.7. The zero-order chi connectivity index (χ0) is 15.2. The molecule has 0 amide bonds. The van der Waals surface area contributed by atoms with Gasteiger partial charge in [-0.25, -0.2) is 9.37 Å². The van der Waals surface area contributed by atoms with Crippen LogP contribution in [0.5, 0.6) is 11.6 Å². The highest BCUT2D eigenvalue weighted by atomic mass is 19.1. The zero-order valence-electron chi connectivity index (χ0n) is 12.7. The Hall–Kier alpha value is -1.94. The minimum absolute atomic E-state index is 0.204. The molecule has 0 saturated heterocycles. The fourth-order valence-electron chi connectivity index (χ4n) is 1.93. The van der Waals surface area contributed by atoms with Crippen molar-refractivity contribution < 1.29 is 9.13 Å². The van der Waals surface area contributed by atoms with E-state index in [4.69, 9.17) is 4.74 Å². The summed E-state index contributed by atoms with van der Waals surface area (Å²) in [6.07, 6.45) is 1.68. The first-order valence-corrected chi connectivity index (χ1v) is 7.15. The van der Waals surface area contributed by atoms with Crippen molar-refractivity contribution in [3.05, 3.63) is 53.5 Å². The summed E-state index contributed by atoms with van der Waals surface area (Å²) in [6.45, 7) is 7.73. The van der Waals surface area contributed by atoms with Gasteiger partial charge in [-0.2, -0.15) is 0 Å². The Kier molecular flexibility index (Phi) is 5.28. The molecule has 2 rings (SSSR count). The lowest BCUT2D eigenvalue weighted by atomic mass is 10.2. The second-order valence-electron chi connectivity index (χ2n) is 5.52. The molecule has 4 heteroatoms. The minimum atomic E-state index is -0.345. The third kappa shape index (κ3) is 4.53. The van der Waals surface area contributed by atoms with Crippen molar-refractivity contribution in [2.75, 3.05) is 6.54 Å². The summed E-state index contributed by atoms with van der Waals surface area (Å²) in [4.78, 5) is 4.13. The number of nitrogens with zero attached hydrogens (tertiary/aromatic N) is 1. The van der Waals surface area contributed by atoms with Gasteiger partial charge in [-0.15, -0.1) is 0 Å². The molecule has 21 heavy (non-hydrogen) atoms. The standard InChI is InChI=1S/C17H21FN2O/c1-12(2)10-19-11-14-7-8-20-16(9-14)21-15-6-4-5-13(3)17(15)18/h4-9,12,19H,10-11H2,1-3H3. The maximum atomic E-state index is 13.9. The SMILES string of the molecule is Cc1cccc(Oc2cc(CNCC(C)C)ccn2)c1F. The number of ether oxygens (including phenoxy) is 1. The fraction of sp³-hybridized carbons (Fsp3) is 0.353. The summed E-state index contributed by atoms with van der Waals surface area (Å²) in [5.74, 6) is 0.865. The predicted octanol–water partition coefficient (Wildman–Crippen LogP) is 4.07. The van der Waals surface area contributed by atoms with Gasteiger partial charge in [-0.3, -0.25) is 0 Å². The first kappa shape index (κ1) is 15.4. The van der Waals surface area contributed by atoms with Crippen LogP contribution in [0.4, 0.5) is 4.39 Å². The fourth-order valence-corrected chi connectivity index (χ4v) is 1.93. The van der Waals surface area contributed by atoms with Crippen molar-refractivity contribution >= 4 is 0 Å². The van der Waals surface area contributed by atoms with Crippen molar-refractivity contribution in [3.63, 3.8) is 0 Å². The summed E-state index contributed by atoms with van der Waals surface area (Å²) in [7, 11) is 0. The normalized spacial score (nSPS) is 10.9. The van der Waals surface area contributed by atoms with E-state index in [9.17, 15) is 4.39 Å². The van der Waals surface area contributed by atoms with E-state index >= 15 is 0 Å². The van der Waals surface area contributed by atoms with Gasteiger partial charge in [-0.05, 0) is 42.6 Å². The molecule has 1 N–H and O–H groups in total. The van der Waals surface area contributed by atoms with Gasteiger partial charge < -0.3 is 10.1 Å². The molecule has 2 aromatic rings. The number of halogens is 1. The molecule has 0 bridgehead atoms. The van der Waals surface area contributed by atoms with E-state index in [-0.39, 0.29) is 11.6 Å². The number of hydrogen-bond donors (Lipinski definition) is 1. The van der Waals surface area contributed by atoms with Crippen molar-refractivity contribution in [2.45, 2.75) is 27.3 Å². The Morgan fingerprint density at radius 3 is 2.86 bits per heavy atom. The van der Waals surface area contributed by atoms with Crippen LogP contribution < -0.4 is 10.1 Å². The van der Waals surface area contributed by atoms with Crippen LogP contribution in [0, 0.1) is 18.7 Å². The number of aryl methyl sites for hydroxylation is 1. The second kappa shape index (κ2) is 7.18. The first-order valence-electron chi connectivity index (χ1n) is 7.15. The van der Waals surface area contributed by atoms with Gasteiger partial charge in [0.25, 0.3) is 0 Å². The minimum Gasteiger partial charge on any atom is -0.436 e. The van der Waals surface area contributed by atoms with Gasteiger partial charge in [0.05, 0.1) is 0 Å². The van der Waals surface area contributed by atoms with Crippen LogP contribution in [-0.4, -0.2) is 11.5 Å². The quantitative estimate of drug-likeness (QED) is 0.870. The number of pyridine rings is 1. The van der Waals surface area contributed by atoms with Gasteiger partial charge in [0.1, 0.15) is 0 Å². The number of rotatable bonds is 6. The van der Waals surface area contributed by atoms with E-state index in [1.54, 1.807) is 31.3 Å². The van der Waals surface area contributed by atoms with E-state index in [2.05, 4.69) is 24.1 Å². The van der Waals surface area contributed by atoms with Crippen LogP contribution in [0.25, 0.3) is 0 Å². The monoisotopic (exact) mass is 288 g/mol. The molecule has 0 aliphatic heterocycles. The van der Waals surface area contributed by atoms with Gasteiger partial charge >= 0.3 is 0 Å². The van der Waals surface area contributed by atoms with E-state index < -0.39 is 0 Å². The van der Waals surface area contributed by atoms with Crippen LogP contribution in [0.2, 0.25) is 0 Å². The van der Waals surface area contributed by atoms with Crippen LogP contribution in [-0.2, 0) is 6.54 Å². The average molecular weight is 288 g/mol. The molecule has 0 aliphatic rings. The topological polar surface area (TPSA) is 34.1 Å². The molecule has 1 heterocycles. The average Bonchev–Trinajstić information content (AvgIpc) is 2.44. The first-order chi connectivity index (χ1) is 10.1. The molecule has 1 aromatic heterocycles. The smallest absolute Gasteiger partial charge is 0.219 e. The highest BCUT2D eigenvalue weighted by molar-refractivity contribution is 5.33. The highest BCUT2D eigenvalue weighted by Gasteiger charge is 2.08. The van der Waals surface area contributed by atoms with E-state index in [0.717, 1.165) is 18.7 Å². The molecular formula is C17H21FN2O. The van der Waals surface area contributed by atoms with Crippen LogP contribution in [0.15, 0.2) is 36.5 Å². The number of benzene rings is 1. The van der Waals surface area contributed by atoms with Crippen molar-refractivity contribution in [1.82, 2.24) is 10.3 Å². The van der Waals surface area contributed by atoms with E-state index in [1.165, 1.54) is 0 Å². The molecule has 0 radical (unpaired) electrons. The number of nitrogens with one attached hydrogen (secondary N) is 1.